The van der Waals surface area contributed by atoms with E-state index < -0.39 is 10.8 Å². The van der Waals surface area contributed by atoms with Crippen molar-refractivity contribution < 1.29 is 9.72 Å². The number of anilines is 1. The summed E-state index contributed by atoms with van der Waals surface area (Å²) in [6.07, 6.45) is 0. The van der Waals surface area contributed by atoms with Crippen LogP contribution in [0.5, 0.6) is 0 Å². The predicted molar refractivity (Wildman–Crippen MR) is 63.8 cm³/mol. The zero-order valence-corrected chi connectivity index (χ0v) is 9.34. The number of nitrogens with two attached hydrogens (primary N) is 2. The maximum atomic E-state index is 11.2. The molecule has 0 aromatic heterocycles. The Morgan fingerprint density at radius 3 is 2.71 bits per heavy atom. The average molecular weight is 238 g/mol. The van der Waals surface area contributed by atoms with Gasteiger partial charge in [-0.25, -0.2) is 0 Å². The van der Waals surface area contributed by atoms with E-state index in [1.807, 2.05) is 0 Å². The third-order valence-corrected chi connectivity index (χ3v) is 2.09. The highest BCUT2D eigenvalue weighted by atomic mass is 16.6. The van der Waals surface area contributed by atoms with E-state index in [0.29, 0.717) is 12.2 Å². The summed E-state index contributed by atoms with van der Waals surface area (Å²) >= 11 is 0. The molecule has 0 fully saturated rings. The van der Waals surface area contributed by atoms with Crippen molar-refractivity contribution >= 4 is 17.3 Å². The number of nitrogens with zero attached hydrogens (tertiary/aromatic N) is 1. The molecule has 0 bridgehead atoms. The van der Waals surface area contributed by atoms with E-state index in [1.54, 1.807) is 6.92 Å². The van der Waals surface area contributed by atoms with Crippen LogP contribution in [0.3, 0.4) is 0 Å². The Bertz CT molecular complexity index is 445. The first-order valence-corrected chi connectivity index (χ1v) is 4.99. The lowest BCUT2D eigenvalue weighted by Gasteiger charge is -2.11. The number of non-ortho nitro benzene ring substituents is 1. The Labute approximate surface area is 97.9 Å². The molecule has 1 aromatic rings. The Kier molecular flexibility index (Phi) is 4.00. The molecule has 5 N–H and O–H groups in total. The SMILES string of the molecule is CC(N)CNc1ccc([N+](=O)[O-])cc1C(N)=O. The number of benzene rings is 1. The second kappa shape index (κ2) is 5.26. The molecule has 0 heterocycles. The highest BCUT2D eigenvalue weighted by Gasteiger charge is 2.14. The van der Waals surface area contributed by atoms with Crippen LogP contribution in [0, 0.1) is 10.1 Å². The Hall–Kier alpha value is -2.15. The summed E-state index contributed by atoms with van der Waals surface area (Å²) in [4.78, 5) is 21.2. The first-order chi connectivity index (χ1) is 7.91. The second-order valence-corrected chi connectivity index (χ2v) is 3.71. The lowest BCUT2D eigenvalue weighted by molar-refractivity contribution is -0.384. The Morgan fingerprint density at radius 1 is 1.59 bits per heavy atom. The number of nitrogens with one attached hydrogen (secondary N) is 1. The first-order valence-electron chi connectivity index (χ1n) is 4.99. The van der Waals surface area contributed by atoms with Gasteiger partial charge in [-0.1, -0.05) is 0 Å². The van der Waals surface area contributed by atoms with Gasteiger partial charge < -0.3 is 16.8 Å². The lowest BCUT2D eigenvalue weighted by atomic mass is 10.1. The van der Waals surface area contributed by atoms with E-state index in [1.165, 1.54) is 12.1 Å². The van der Waals surface area contributed by atoms with Crippen LogP contribution >= 0.6 is 0 Å². The van der Waals surface area contributed by atoms with Gasteiger partial charge in [0.05, 0.1) is 10.5 Å². The summed E-state index contributed by atoms with van der Waals surface area (Å²) in [6.45, 7) is 2.24. The summed E-state index contributed by atoms with van der Waals surface area (Å²) in [5.41, 5.74) is 11.1. The summed E-state index contributed by atoms with van der Waals surface area (Å²) in [5, 5.41) is 13.5. The summed E-state index contributed by atoms with van der Waals surface area (Å²) in [6, 6.07) is 3.79. The molecule has 0 saturated carbocycles. The summed E-state index contributed by atoms with van der Waals surface area (Å²) in [5.74, 6) is -0.721. The van der Waals surface area contributed by atoms with Crippen LogP contribution in [0.15, 0.2) is 18.2 Å². The number of primary amides is 1. The highest BCUT2D eigenvalue weighted by molar-refractivity contribution is 5.99. The molecule has 1 amide bonds. The normalized spacial score (nSPS) is 11.9. The van der Waals surface area contributed by atoms with Crippen molar-refractivity contribution in [3.8, 4) is 0 Å². The average Bonchev–Trinajstić information content (AvgIpc) is 2.25. The van der Waals surface area contributed by atoms with Crippen LogP contribution in [0.2, 0.25) is 0 Å². The van der Waals surface area contributed by atoms with Crippen LogP contribution in [-0.4, -0.2) is 23.4 Å². The van der Waals surface area contributed by atoms with Crippen molar-refractivity contribution in [3.05, 3.63) is 33.9 Å². The molecule has 17 heavy (non-hydrogen) atoms. The minimum Gasteiger partial charge on any atom is -0.383 e. The van der Waals surface area contributed by atoms with Gasteiger partial charge in [-0.05, 0) is 13.0 Å². The number of nitro groups is 1. The van der Waals surface area contributed by atoms with Gasteiger partial charge in [0, 0.05) is 30.4 Å². The van der Waals surface area contributed by atoms with E-state index in [9.17, 15) is 14.9 Å². The van der Waals surface area contributed by atoms with E-state index in [2.05, 4.69) is 5.32 Å². The van der Waals surface area contributed by atoms with Gasteiger partial charge in [0.2, 0.25) is 0 Å². The number of amides is 1. The smallest absolute Gasteiger partial charge is 0.270 e. The van der Waals surface area contributed by atoms with Crippen molar-refractivity contribution in [2.75, 3.05) is 11.9 Å². The van der Waals surface area contributed by atoms with E-state index >= 15 is 0 Å². The number of rotatable bonds is 5. The fraction of sp³-hybridized carbons (Fsp3) is 0.300. The van der Waals surface area contributed by atoms with Crippen molar-refractivity contribution in [2.24, 2.45) is 11.5 Å². The van der Waals surface area contributed by atoms with Crippen molar-refractivity contribution in [1.29, 1.82) is 0 Å². The zero-order valence-electron chi connectivity index (χ0n) is 9.34. The lowest BCUT2D eigenvalue weighted by Crippen LogP contribution is -2.26. The molecule has 1 unspecified atom stereocenters. The van der Waals surface area contributed by atoms with Gasteiger partial charge in [0.15, 0.2) is 0 Å². The molecular formula is C10H14N4O3. The van der Waals surface area contributed by atoms with E-state index in [-0.39, 0.29) is 17.3 Å². The largest absolute Gasteiger partial charge is 0.383 e. The minimum atomic E-state index is -0.721. The monoisotopic (exact) mass is 238 g/mol. The van der Waals surface area contributed by atoms with Gasteiger partial charge in [0.25, 0.3) is 11.6 Å². The molecule has 0 aliphatic heterocycles. The Balaban J connectivity index is 3.04. The Morgan fingerprint density at radius 2 is 2.24 bits per heavy atom. The fourth-order valence-electron chi connectivity index (χ4n) is 1.27. The second-order valence-electron chi connectivity index (χ2n) is 3.71. The maximum absolute atomic E-state index is 11.2. The molecule has 0 spiro atoms. The molecule has 0 radical (unpaired) electrons. The molecule has 0 aliphatic carbocycles. The molecule has 7 nitrogen and oxygen atoms in total. The summed E-state index contributed by atoms with van der Waals surface area (Å²) < 4.78 is 0. The number of carbonyl (C=O) groups excluding carboxylic acids is 1. The molecule has 0 aliphatic rings. The van der Waals surface area contributed by atoms with Crippen LogP contribution in [0.4, 0.5) is 11.4 Å². The van der Waals surface area contributed by atoms with E-state index in [0.717, 1.165) is 6.07 Å². The number of nitro benzene ring substituents is 1. The summed E-state index contributed by atoms with van der Waals surface area (Å²) in [7, 11) is 0. The first kappa shape index (κ1) is 12.9. The van der Waals surface area contributed by atoms with Gasteiger partial charge in [-0.3, -0.25) is 14.9 Å². The highest BCUT2D eigenvalue weighted by Crippen LogP contribution is 2.21. The molecule has 7 heteroatoms. The van der Waals surface area contributed by atoms with E-state index in [4.69, 9.17) is 11.5 Å². The van der Waals surface area contributed by atoms with Gasteiger partial charge in [-0.15, -0.1) is 0 Å². The quantitative estimate of drug-likeness (QED) is 0.507. The zero-order chi connectivity index (χ0) is 13.0. The molecule has 1 atom stereocenters. The molecule has 1 rings (SSSR count). The van der Waals surface area contributed by atoms with Crippen molar-refractivity contribution in [1.82, 2.24) is 0 Å². The standard InChI is InChI=1S/C10H14N4O3/c1-6(11)5-13-9-3-2-7(14(16)17)4-8(9)10(12)15/h2-4,6,13H,5,11H2,1H3,(H2,12,15). The topological polar surface area (TPSA) is 124 Å². The molecule has 1 aromatic carbocycles. The van der Waals surface area contributed by atoms with Crippen LogP contribution in [0.25, 0.3) is 0 Å². The number of carbonyl (C=O) groups is 1. The third kappa shape index (κ3) is 3.42. The van der Waals surface area contributed by atoms with Gasteiger partial charge in [0.1, 0.15) is 0 Å². The number of hydrogen-bond acceptors (Lipinski definition) is 5. The predicted octanol–water partition coefficient (Wildman–Crippen LogP) is 0.453. The van der Waals surface area contributed by atoms with Crippen LogP contribution in [0.1, 0.15) is 17.3 Å². The fourth-order valence-corrected chi connectivity index (χ4v) is 1.27. The molecule has 0 saturated heterocycles. The third-order valence-electron chi connectivity index (χ3n) is 2.09. The van der Waals surface area contributed by atoms with Crippen LogP contribution < -0.4 is 16.8 Å². The minimum absolute atomic E-state index is 0.0832. The molecule has 92 valence electrons. The van der Waals surface area contributed by atoms with Gasteiger partial charge in [-0.2, -0.15) is 0 Å². The van der Waals surface area contributed by atoms with Crippen LogP contribution in [-0.2, 0) is 0 Å². The molecular weight excluding hydrogens is 224 g/mol. The number of hydrogen-bond donors (Lipinski definition) is 3. The van der Waals surface area contributed by atoms with Gasteiger partial charge >= 0.3 is 0 Å². The van der Waals surface area contributed by atoms with Crippen molar-refractivity contribution in [2.45, 2.75) is 13.0 Å². The van der Waals surface area contributed by atoms with Crippen molar-refractivity contribution in [3.63, 3.8) is 0 Å². The maximum Gasteiger partial charge on any atom is 0.270 e.